The van der Waals surface area contributed by atoms with Crippen LogP contribution >= 0.6 is 0 Å². The Hall–Kier alpha value is -2.55. The highest BCUT2D eigenvalue weighted by Crippen LogP contribution is 2.21. The quantitative estimate of drug-likeness (QED) is 0.262. The standard InChI is InChI=1S/C27H37N3/c1-3-5-7-9-17-29-19-13-24(14-20-29)26-11-12-27(28-23-26)25-15-21-30(22-16-25)18-10-8-6-4-2/h11-16,19-23H,3-10,17-18H2,1-2H3/q+2. The average molecular weight is 404 g/mol. The zero-order valence-corrected chi connectivity index (χ0v) is 18.8. The van der Waals surface area contributed by atoms with Gasteiger partial charge in [-0.1, -0.05) is 45.6 Å². The molecule has 0 spiro atoms. The van der Waals surface area contributed by atoms with E-state index < -0.39 is 0 Å². The predicted octanol–water partition coefficient (Wildman–Crippen LogP) is 6.15. The summed E-state index contributed by atoms with van der Waals surface area (Å²) in [6.07, 6.45) is 21.1. The summed E-state index contributed by atoms with van der Waals surface area (Å²) >= 11 is 0. The van der Waals surface area contributed by atoms with Crippen molar-refractivity contribution in [2.45, 2.75) is 78.3 Å². The van der Waals surface area contributed by atoms with Crippen LogP contribution in [0.5, 0.6) is 0 Å². The van der Waals surface area contributed by atoms with Crippen molar-refractivity contribution >= 4 is 0 Å². The normalized spacial score (nSPS) is 11.0. The van der Waals surface area contributed by atoms with Gasteiger partial charge in [-0.15, -0.1) is 0 Å². The van der Waals surface area contributed by atoms with Gasteiger partial charge in [0.15, 0.2) is 24.8 Å². The summed E-state index contributed by atoms with van der Waals surface area (Å²) in [5.74, 6) is 0. The van der Waals surface area contributed by atoms with E-state index in [0.29, 0.717) is 0 Å². The van der Waals surface area contributed by atoms with Crippen molar-refractivity contribution in [1.82, 2.24) is 4.98 Å². The third-order valence-corrected chi connectivity index (χ3v) is 5.71. The Morgan fingerprint density at radius 2 is 1.10 bits per heavy atom. The van der Waals surface area contributed by atoms with Crippen LogP contribution in [0.15, 0.2) is 67.4 Å². The Bertz CT molecular complexity index is 778. The van der Waals surface area contributed by atoms with Crippen molar-refractivity contribution < 1.29 is 9.13 Å². The van der Waals surface area contributed by atoms with Gasteiger partial charge in [-0.25, -0.2) is 9.13 Å². The number of nitrogens with zero attached hydrogens (tertiary/aromatic N) is 3. The van der Waals surface area contributed by atoms with E-state index in [1.807, 2.05) is 6.20 Å². The summed E-state index contributed by atoms with van der Waals surface area (Å²) in [7, 11) is 0. The van der Waals surface area contributed by atoms with Crippen LogP contribution in [0.4, 0.5) is 0 Å². The molecule has 3 aromatic rings. The molecule has 0 saturated heterocycles. The number of aryl methyl sites for hydroxylation is 2. The van der Waals surface area contributed by atoms with Crippen LogP contribution in [0.2, 0.25) is 0 Å². The first kappa shape index (κ1) is 22.1. The molecule has 0 unspecified atom stereocenters. The van der Waals surface area contributed by atoms with Crippen LogP contribution in [0.3, 0.4) is 0 Å². The second-order valence-corrected chi connectivity index (χ2v) is 8.20. The van der Waals surface area contributed by atoms with Crippen LogP contribution in [-0.4, -0.2) is 4.98 Å². The minimum absolute atomic E-state index is 1.03. The summed E-state index contributed by atoms with van der Waals surface area (Å²) in [4.78, 5) is 4.72. The van der Waals surface area contributed by atoms with Gasteiger partial charge >= 0.3 is 0 Å². The SMILES string of the molecule is CCCCCC[n+]1ccc(-c2ccc(-c3cc[n+](CCCCCC)cc3)nc2)cc1. The van der Waals surface area contributed by atoms with Gasteiger partial charge in [0.1, 0.15) is 13.1 Å². The fourth-order valence-electron chi connectivity index (χ4n) is 3.75. The predicted molar refractivity (Wildman–Crippen MR) is 124 cm³/mol. The van der Waals surface area contributed by atoms with E-state index in [-0.39, 0.29) is 0 Å². The Labute approximate surface area is 182 Å². The number of pyridine rings is 3. The summed E-state index contributed by atoms with van der Waals surface area (Å²) in [5.41, 5.74) is 4.58. The van der Waals surface area contributed by atoms with E-state index in [9.17, 15) is 0 Å². The zero-order chi connectivity index (χ0) is 21.0. The summed E-state index contributed by atoms with van der Waals surface area (Å²) in [6, 6.07) is 13.0. The lowest BCUT2D eigenvalue weighted by molar-refractivity contribution is -0.697. The second kappa shape index (κ2) is 12.2. The minimum Gasteiger partial charge on any atom is -0.256 e. The molecular formula is C27H37N3+2. The Balaban J connectivity index is 1.56. The molecule has 3 heterocycles. The molecule has 3 rings (SSSR count). The highest BCUT2D eigenvalue weighted by atomic mass is 14.9. The molecule has 0 fully saturated rings. The smallest absolute Gasteiger partial charge is 0.169 e. The highest BCUT2D eigenvalue weighted by molar-refractivity contribution is 5.65. The Kier molecular flexibility index (Phi) is 9.02. The van der Waals surface area contributed by atoms with E-state index in [1.165, 1.54) is 68.1 Å². The van der Waals surface area contributed by atoms with Gasteiger partial charge in [-0.3, -0.25) is 4.98 Å². The molecule has 0 radical (unpaired) electrons. The monoisotopic (exact) mass is 403 g/mol. The fourth-order valence-corrected chi connectivity index (χ4v) is 3.75. The minimum atomic E-state index is 1.03. The van der Waals surface area contributed by atoms with Crippen molar-refractivity contribution in [2.24, 2.45) is 0 Å². The molecule has 0 saturated carbocycles. The van der Waals surface area contributed by atoms with Crippen LogP contribution < -0.4 is 9.13 Å². The number of hydrogen-bond donors (Lipinski definition) is 0. The Morgan fingerprint density at radius 1 is 0.567 bits per heavy atom. The summed E-state index contributed by atoms with van der Waals surface area (Å²) < 4.78 is 4.55. The lowest BCUT2D eigenvalue weighted by Gasteiger charge is -2.04. The van der Waals surface area contributed by atoms with Crippen LogP contribution in [0.1, 0.15) is 65.2 Å². The largest absolute Gasteiger partial charge is 0.256 e. The van der Waals surface area contributed by atoms with Gasteiger partial charge in [-0.05, 0) is 24.5 Å². The number of hydrogen-bond acceptors (Lipinski definition) is 1. The van der Waals surface area contributed by atoms with E-state index in [1.54, 1.807) is 0 Å². The van der Waals surface area contributed by atoms with E-state index in [4.69, 9.17) is 4.98 Å². The molecule has 0 aliphatic carbocycles. The first-order chi connectivity index (χ1) is 14.8. The molecule has 3 nitrogen and oxygen atoms in total. The van der Waals surface area contributed by atoms with Gasteiger partial charge < -0.3 is 0 Å². The highest BCUT2D eigenvalue weighted by Gasteiger charge is 2.07. The molecule has 0 bridgehead atoms. The Morgan fingerprint density at radius 3 is 1.57 bits per heavy atom. The van der Waals surface area contributed by atoms with Crippen LogP contribution in [-0.2, 0) is 13.1 Å². The van der Waals surface area contributed by atoms with Gasteiger partial charge in [0.25, 0.3) is 0 Å². The first-order valence-electron chi connectivity index (χ1n) is 11.7. The lowest BCUT2D eigenvalue weighted by atomic mass is 10.1. The topological polar surface area (TPSA) is 20.6 Å². The molecule has 3 heteroatoms. The van der Waals surface area contributed by atoms with Gasteiger partial charge in [0.2, 0.25) is 0 Å². The molecule has 30 heavy (non-hydrogen) atoms. The average Bonchev–Trinajstić information content (AvgIpc) is 2.81. The van der Waals surface area contributed by atoms with Crippen molar-refractivity contribution in [3.05, 3.63) is 67.4 Å². The van der Waals surface area contributed by atoms with Crippen LogP contribution in [0, 0.1) is 0 Å². The van der Waals surface area contributed by atoms with E-state index in [0.717, 1.165) is 18.8 Å². The molecule has 3 aromatic heterocycles. The third kappa shape index (κ3) is 6.76. The van der Waals surface area contributed by atoms with Gasteiger partial charge in [0.05, 0.1) is 5.69 Å². The number of aromatic nitrogens is 3. The molecule has 0 aromatic carbocycles. The number of rotatable bonds is 12. The van der Waals surface area contributed by atoms with Crippen LogP contribution in [0.25, 0.3) is 22.4 Å². The molecule has 0 aliphatic rings. The molecule has 0 N–H and O–H groups in total. The maximum absolute atomic E-state index is 4.72. The van der Waals surface area contributed by atoms with E-state index in [2.05, 4.69) is 84.2 Å². The lowest BCUT2D eigenvalue weighted by Crippen LogP contribution is -2.32. The maximum Gasteiger partial charge on any atom is 0.169 e. The molecule has 0 atom stereocenters. The second-order valence-electron chi connectivity index (χ2n) is 8.20. The van der Waals surface area contributed by atoms with Gasteiger partial charge in [-0.2, -0.15) is 0 Å². The molecule has 158 valence electrons. The van der Waals surface area contributed by atoms with Crippen molar-refractivity contribution in [3.8, 4) is 22.4 Å². The van der Waals surface area contributed by atoms with E-state index >= 15 is 0 Å². The maximum atomic E-state index is 4.72. The first-order valence-corrected chi connectivity index (χ1v) is 11.7. The summed E-state index contributed by atoms with van der Waals surface area (Å²) in [6.45, 7) is 6.71. The van der Waals surface area contributed by atoms with Gasteiger partial charge in [0, 0.05) is 54.4 Å². The van der Waals surface area contributed by atoms with Crippen molar-refractivity contribution in [2.75, 3.05) is 0 Å². The fraction of sp³-hybridized carbons (Fsp3) is 0.444. The van der Waals surface area contributed by atoms with Crippen molar-refractivity contribution in [3.63, 3.8) is 0 Å². The molecule has 0 aliphatic heterocycles. The third-order valence-electron chi connectivity index (χ3n) is 5.71. The molecule has 0 amide bonds. The molecular weight excluding hydrogens is 366 g/mol. The number of unbranched alkanes of at least 4 members (excludes halogenated alkanes) is 6. The van der Waals surface area contributed by atoms with Crippen molar-refractivity contribution in [1.29, 1.82) is 0 Å². The zero-order valence-electron chi connectivity index (χ0n) is 18.8. The summed E-state index contributed by atoms with van der Waals surface area (Å²) in [5, 5.41) is 0.